The van der Waals surface area contributed by atoms with Crippen LogP contribution in [-0.2, 0) is 4.79 Å². The van der Waals surface area contributed by atoms with E-state index in [1.54, 1.807) is 0 Å². The molecule has 1 fully saturated rings. The van der Waals surface area contributed by atoms with E-state index in [9.17, 15) is 4.79 Å². The van der Waals surface area contributed by atoms with E-state index >= 15 is 0 Å². The highest BCUT2D eigenvalue weighted by molar-refractivity contribution is 5.76. The van der Waals surface area contributed by atoms with Gasteiger partial charge in [0.1, 0.15) is 0 Å². The van der Waals surface area contributed by atoms with E-state index < -0.39 is 0 Å². The van der Waals surface area contributed by atoms with Gasteiger partial charge >= 0.3 is 0 Å². The van der Waals surface area contributed by atoms with Gasteiger partial charge in [0, 0.05) is 32.6 Å². The molecule has 4 nitrogen and oxygen atoms in total. The van der Waals surface area contributed by atoms with Crippen LogP contribution in [0.2, 0.25) is 0 Å². The second kappa shape index (κ2) is 8.48. The normalized spacial score (nSPS) is 18.9. The van der Waals surface area contributed by atoms with Crippen LogP contribution in [0.25, 0.3) is 0 Å². The van der Waals surface area contributed by atoms with Crippen molar-refractivity contribution >= 4 is 5.91 Å². The third-order valence-electron chi connectivity index (χ3n) is 3.78. The number of hydrogen-bond acceptors (Lipinski definition) is 3. The molecule has 106 valence electrons. The molecule has 0 aliphatic carbocycles. The molecule has 0 saturated carbocycles. The summed E-state index contributed by atoms with van der Waals surface area (Å²) < 4.78 is 0. The highest BCUT2D eigenvalue weighted by Gasteiger charge is 2.20. The van der Waals surface area contributed by atoms with Crippen molar-refractivity contribution in [3.8, 4) is 0 Å². The Morgan fingerprint density at radius 2 is 1.89 bits per heavy atom. The van der Waals surface area contributed by atoms with E-state index in [-0.39, 0.29) is 0 Å². The molecule has 1 unspecified atom stereocenters. The molecular formula is C14H29N3O. The predicted molar refractivity (Wildman–Crippen MR) is 75.4 cm³/mol. The van der Waals surface area contributed by atoms with Crippen molar-refractivity contribution in [3.63, 3.8) is 0 Å². The minimum atomic E-state index is 0.329. The first kappa shape index (κ1) is 15.4. The molecule has 1 atom stereocenters. The molecule has 4 heteroatoms. The van der Waals surface area contributed by atoms with Gasteiger partial charge in [-0.3, -0.25) is 9.69 Å². The number of amides is 1. The SMILES string of the molecule is CCCN1CCN(C(=O)CCC(C)CCN)CC1. The van der Waals surface area contributed by atoms with Crippen LogP contribution >= 0.6 is 0 Å². The molecule has 1 heterocycles. The predicted octanol–water partition coefficient (Wildman–Crippen LogP) is 1.31. The van der Waals surface area contributed by atoms with Crippen LogP contribution in [0, 0.1) is 5.92 Å². The Morgan fingerprint density at radius 3 is 2.44 bits per heavy atom. The maximum Gasteiger partial charge on any atom is 0.222 e. The van der Waals surface area contributed by atoms with Gasteiger partial charge in [-0.05, 0) is 38.3 Å². The quantitative estimate of drug-likeness (QED) is 0.746. The second-order valence-corrected chi connectivity index (χ2v) is 5.44. The molecule has 18 heavy (non-hydrogen) atoms. The summed E-state index contributed by atoms with van der Waals surface area (Å²) in [5, 5.41) is 0. The standard InChI is InChI=1S/C14H29N3O/c1-3-8-16-9-11-17(12-10-16)14(18)5-4-13(2)6-7-15/h13H,3-12,15H2,1-2H3. The molecule has 1 aliphatic heterocycles. The number of carbonyl (C=O) groups excluding carboxylic acids is 1. The molecule has 0 aromatic heterocycles. The Kier molecular flexibility index (Phi) is 7.28. The Hall–Kier alpha value is -0.610. The lowest BCUT2D eigenvalue weighted by Crippen LogP contribution is -2.48. The van der Waals surface area contributed by atoms with Crippen molar-refractivity contribution in [2.45, 2.75) is 39.5 Å². The van der Waals surface area contributed by atoms with Crippen molar-refractivity contribution in [1.29, 1.82) is 0 Å². The van der Waals surface area contributed by atoms with E-state index in [4.69, 9.17) is 5.73 Å². The Morgan fingerprint density at radius 1 is 1.22 bits per heavy atom. The number of carbonyl (C=O) groups is 1. The van der Waals surface area contributed by atoms with Gasteiger partial charge in [0.25, 0.3) is 0 Å². The van der Waals surface area contributed by atoms with Crippen molar-refractivity contribution in [2.75, 3.05) is 39.3 Å². The van der Waals surface area contributed by atoms with Crippen LogP contribution < -0.4 is 5.73 Å². The molecule has 2 N–H and O–H groups in total. The van der Waals surface area contributed by atoms with Crippen LogP contribution in [0.4, 0.5) is 0 Å². The number of piperazine rings is 1. The molecule has 1 saturated heterocycles. The molecule has 1 amide bonds. The summed E-state index contributed by atoms with van der Waals surface area (Å²) in [6, 6.07) is 0. The largest absolute Gasteiger partial charge is 0.340 e. The van der Waals surface area contributed by atoms with Crippen molar-refractivity contribution in [3.05, 3.63) is 0 Å². The fourth-order valence-electron chi connectivity index (χ4n) is 2.49. The van der Waals surface area contributed by atoms with Crippen molar-refractivity contribution < 1.29 is 4.79 Å². The molecule has 0 bridgehead atoms. The maximum absolute atomic E-state index is 12.0. The molecule has 0 radical (unpaired) electrons. The summed E-state index contributed by atoms with van der Waals surface area (Å²) >= 11 is 0. The van der Waals surface area contributed by atoms with E-state index in [0.29, 0.717) is 18.2 Å². The van der Waals surface area contributed by atoms with Gasteiger partial charge in [-0.2, -0.15) is 0 Å². The average Bonchev–Trinajstić information content (AvgIpc) is 2.37. The van der Waals surface area contributed by atoms with E-state index in [0.717, 1.165) is 52.1 Å². The minimum absolute atomic E-state index is 0.329. The van der Waals surface area contributed by atoms with Crippen molar-refractivity contribution in [1.82, 2.24) is 9.80 Å². The summed E-state index contributed by atoms with van der Waals surface area (Å²) in [6.45, 7) is 10.2. The first-order valence-electron chi connectivity index (χ1n) is 7.37. The van der Waals surface area contributed by atoms with Crippen LogP contribution in [0.1, 0.15) is 39.5 Å². The van der Waals surface area contributed by atoms with E-state index in [2.05, 4.69) is 18.7 Å². The van der Waals surface area contributed by atoms with E-state index in [1.165, 1.54) is 6.42 Å². The number of nitrogens with two attached hydrogens (primary N) is 1. The zero-order chi connectivity index (χ0) is 13.4. The number of rotatable bonds is 7. The van der Waals surface area contributed by atoms with Gasteiger partial charge in [-0.1, -0.05) is 13.8 Å². The third kappa shape index (κ3) is 5.36. The van der Waals surface area contributed by atoms with Gasteiger partial charge in [0.2, 0.25) is 5.91 Å². The van der Waals surface area contributed by atoms with Crippen LogP contribution in [0.3, 0.4) is 0 Å². The lowest BCUT2D eigenvalue weighted by Gasteiger charge is -2.34. The Bertz CT molecular complexity index is 237. The van der Waals surface area contributed by atoms with Gasteiger partial charge in [-0.15, -0.1) is 0 Å². The molecular weight excluding hydrogens is 226 g/mol. The molecule has 1 aliphatic rings. The van der Waals surface area contributed by atoms with Gasteiger partial charge in [-0.25, -0.2) is 0 Å². The highest BCUT2D eigenvalue weighted by atomic mass is 16.2. The molecule has 0 aromatic carbocycles. The summed E-state index contributed by atoms with van der Waals surface area (Å²) in [5.74, 6) is 0.898. The van der Waals surface area contributed by atoms with Gasteiger partial charge in [0.05, 0.1) is 0 Å². The zero-order valence-corrected chi connectivity index (χ0v) is 12.0. The summed E-state index contributed by atoms with van der Waals surface area (Å²) in [6.07, 6.45) is 3.89. The second-order valence-electron chi connectivity index (χ2n) is 5.44. The fourth-order valence-corrected chi connectivity index (χ4v) is 2.49. The van der Waals surface area contributed by atoms with Crippen LogP contribution in [0.5, 0.6) is 0 Å². The molecule has 1 rings (SSSR count). The number of nitrogens with zero attached hydrogens (tertiary/aromatic N) is 2. The summed E-state index contributed by atoms with van der Waals surface area (Å²) in [5.41, 5.74) is 5.52. The zero-order valence-electron chi connectivity index (χ0n) is 12.0. The maximum atomic E-state index is 12.0. The first-order valence-corrected chi connectivity index (χ1v) is 7.37. The number of hydrogen-bond donors (Lipinski definition) is 1. The van der Waals surface area contributed by atoms with Crippen LogP contribution in [-0.4, -0.2) is 55.0 Å². The average molecular weight is 255 g/mol. The molecule has 0 spiro atoms. The molecule has 0 aromatic rings. The lowest BCUT2D eigenvalue weighted by atomic mass is 10.0. The highest BCUT2D eigenvalue weighted by Crippen LogP contribution is 2.12. The van der Waals surface area contributed by atoms with Gasteiger partial charge < -0.3 is 10.6 Å². The monoisotopic (exact) mass is 255 g/mol. The topological polar surface area (TPSA) is 49.6 Å². The van der Waals surface area contributed by atoms with E-state index in [1.807, 2.05) is 4.90 Å². The minimum Gasteiger partial charge on any atom is -0.340 e. The Labute approximate surface area is 111 Å². The first-order chi connectivity index (χ1) is 8.67. The van der Waals surface area contributed by atoms with Crippen LogP contribution in [0.15, 0.2) is 0 Å². The fraction of sp³-hybridized carbons (Fsp3) is 0.929. The van der Waals surface area contributed by atoms with Crippen molar-refractivity contribution in [2.24, 2.45) is 11.7 Å². The van der Waals surface area contributed by atoms with Gasteiger partial charge in [0.15, 0.2) is 0 Å². The summed E-state index contributed by atoms with van der Waals surface area (Å²) in [7, 11) is 0. The lowest BCUT2D eigenvalue weighted by molar-refractivity contribution is -0.133. The summed E-state index contributed by atoms with van der Waals surface area (Å²) in [4.78, 5) is 16.5. The smallest absolute Gasteiger partial charge is 0.222 e. The Balaban J connectivity index is 2.19. The third-order valence-corrected chi connectivity index (χ3v) is 3.78.